The van der Waals surface area contributed by atoms with Gasteiger partial charge in [-0.25, -0.2) is 13.1 Å². The fourth-order valence-electron chi connectivity index (χ4n) is 3.39. The lowest BCUT2D eigenvalue weighted by Gasteiger charge is -2.13. The summed E-state index contributed by atoms with van der Waals surface area (Å²) in [6.07, 6.45) is 7.11. The first-order chi connectivity index (χ1) is 12.0. The van der Waals surface area contributed by atoms with Crippen LogP contribution in [0.3, 0.4) is 0 Å². The predicted octanol–water partition coefficient (Wildman–Crippen LogP) is 2.81. The molecule has 2 aliphatic rings. The maximum absolute atomic E-state index is 12.6. The van der Waals surface area contributed by atoms with Crippen molar-refractivity contribution in [3.8, 4) is 0 Å². The normalized spacial score (nSPS) is 27.4. The molecule has 1 heterocycles. The van der Waals surface area contributed by atoms with Crippen LogP contribution in [-0.2, 0) is 19.6 Å². The van der Waals surface area contributed by atoms with E-state index in [4.69, 9.17) is 0 Å². The summed E-state index contributed by atoms with van der Waals surface area (Å²) in [6, 6.07) is 6.18. The molecule has 1 aliphatic carbocycles. The number of hydrogen-bond acceptors (Lipinski definition) is 4. The molecule has 25 heavy (non-hydrogen) atoms. The van der Waals surface area contributed by atoms with Crippen LogP contribution in [0, 0.1) is 11.8 Å². The smallest absolute Gasteiger partial charge is 0.266 e. The Labute approximate surface area is 148 Å². The van der Waals surface area contributed by atoms with Gasteiger partial charge in [0.25, 0.3) is 10.0 Å². The molecule has 1 unspecified atom stereocenters. The first-order valence-electron chi connectivity index (χ1n) is 8.93. The quantitative estimate of drug-likeness (QED) is 0.740. The topological polar surface area (TPSA) is 92.3 Å². The molecule has 2 amide bonds. The molecule has 0 saturated heterocycles. The Balaban J connectivity index is 1.82. The molecule has 136 valence electrons. The Bertz CT molecular complexity index is 760. The van der Waals surface area contributed by atoms with Crippen LogP contribution in [0.25, 0.3) is 0 Å². The van der Waals surface area contributed by atoms with E-state index in [0.29, 0.717) is 12.3 Å². The number of carbonyl (C=O) groups is 2. The zero-order valence-electron chi connectivity index (χ0n) is 14.2. The number of para-hydroxylation sites is 1. The van der Waals surface area contributed by atoms with Crippen molar-refractivity contribution >= 4 is 27.5 Å². The van der Waals surface area contributed by atoms with E-state index in [1.165, 1.54) is 6.07 Å². The number of nitrogens with one attached hydrogen (secondary N) is 2. The van der Waals surface area contributed by atoms with E-state index in [1.807, 2.05) is 0 Å². The minimum atomic E-state index is -4.00. The van der Waals surface area contributed by atoms with E-state index in [9.17, 15) is 18.0 Å². The van der Waals surface area contributed by atoms with Crippen molar-refractivity contribution in [2.24, 2.45) is 11.8 Å². The Kier molecular flexibility index (Phi) is 5.42. The molecule has 1 aromatic carbocycles. The summed E-state index contributed by atoms with van der Waals surface area (Å²) < 4.78 is 27.3. The maximum Gasteiger partial charge on any atom is 0.266 e. The highest BCUT2D eigenvalue weighted by molar-refractivity contribution is 7.90. The summed E-state index contributed by atoms with van der Waals surface area (Å²) in [4.78, 5) is 24.3. The fourth-order valence-corrected chi connectivity index (χ4v) is 4.58. The van der Waals surface area contributed by atoms with Crippen LogP contribution < -0.4 is 10.0 Å². The van der Waals surface area contributed by atoms with Crippen molar-refractivity contribution in [3.63, 3.8) is 0 Å². The summed E-state index contributed by atoms with van der Waals surface area (Å²) in [6.45, 7) is 0. The number of fused-ring (bicyclic) bond motifs is 2. The molecule has 2 atom stereocenters. The molecule has 0 aromatic heterocycles. The van der Waals surface area contributed by atoms with Crippen LogP contribution in [-0.4, -0.2) is 20.2 Å². The number of sulfonamides is 1. The van der Waals surface area contributed by atoms with Crippen LogP contribution in [0.15, 0.2) is 29.2 Å². The number of carbonyl (C=O) groups excluding carboxylic acids is 2. The molecular weight excluding hydrogens is 340 g/mol. The van der Waals surface area contributed by atoms with Gasteiger partial charge >= 0.3 is 0 Å². The Morgan fingerprint density at radius 3 is 2.52 bits per heavy atom. The average Bonchev–Trinajstić information content (AvgIpc) is 3.33. The van der Waals surface area contributed by atoms with Crippen molar-refractivity contribution in [1.82, 2.24) is 4.72 Å². The van der Waals surface area contributed by atoms with E-state index >= 15 is 0 Å². The first kappa shape index (κ1) is 17.9. The van der Waals surface area contributed by atoms with Gasteiger partial charge in [-0.1, -0.05) is 37.8 Å². The van der Waals surface area contributed by atoms with Crippen LogP contribution in [0.1, 0.15) is 51.4 Å². The summed E-state index contributed by atoms with van der Waals surface area (Å²) in [5.41, 5.74) is 0.215. The second-order valence-electron chi connectivity index (χ2n) is 6.92. The molecule has 7 heteroatoms. The molecule has 1 aliphatic heterocycles. The fraction of sp³-hybridized carbons (Fsp3) is 0.556. The van der Waals surface area contributed by atoms with Gasteiger partial charge in [-0.15, -0.1) is 0 Å². The maximum atomic E-state index is 12.6. The van der Waals surface area contributed by atoms with Gasteiger partial charge < -0.3 is 5.32 Å². The molecule has 3 rings (SSSR count). The first-order valence-corrected chi connectivity index (χ1v) is 10.4. The molecular formula is C18H24N2O4S. The summed E-state index contributed by atoms with van der Waals surface area (Å²) in [5, 5.41) is 2.67. The summed E-state index contributed by atoms with van der Waals surface area (Å²) in [7, 11) is -4.00. The van der Waals surface area contributed by atoms with E-state index in [1.54, 1.807) is 18.2 Å². The van der Waals surface area contributed by atoms with Gasteiger partial charge in [0.05, 0.1) is 5.69 Å². The zero-order chi connectivity index (χ0) is 17.9. The molecule has 0 spiro atoms. The zero-order valence-corrected chi connectivity index (χ0v) is 15.0. The van der Waals surface area contributed by atoms with Crippen molar-refractivity contribution < 1.29 is 18.0 Å². The van der Waals surface area contributed by atoms with Crippen LogP contribution in [0.5, 0.6) is 0 Å². The molecule has 0 radical (unpaired) electrons. The summed E-state index contributed by atoms with van der Waals surface area (Å²) in [5.74, 6) is -0.538. The molecule has 1 saturated carbocycles. The molecule has 6 nitrogen and oxygen atoms in total. The lowest BCUT2D eigenvalue weighted by molar-refractivity contribution is -0.121. The second kappa shape index (κ2) is 7.56. The van der Waals surface area contributed by atoms with Crippen molar-refractivity contribution in [1.29, 1.82) is 0 Å². The van der Waals surface area contributed by atoms with E-state index in [0.717, 1.165) is 44.9 Å². The number of benzene rings is 1. The van der Waals surface area contributed by atoms with Gasteiger partial charge in [-0.3, -0.25) is 9.59 Å². The predicted molar refractivity (Wildman–Crippen MR) is 94.3 cm³/mol. The lowest BCUT2D eigenvalue weighted by Crippen LogP contribution is -2.33. The second-order valence-corrected chi connectivity index (χ2v) is 8.57. The standard InChI is InChI=1S/C18H24N2O4S/c21-17-11-5-3-1-2-4-8-13-12-14(13)18(22)20-25(23,24)16-10-7-6-9-15(16)19-17/h6-7,9-10,13-14H,1-5,8,11-12H2,(H,19,21)(H,20,22)/t13?,14-/m0/s1. The minimum Gasteiger partial charge on any atom is -0.325 e. The van der Waals surface area contributed by atoms with Crippen LogP contribution in [0.2, 0.25) is 0 Å². The third-order valence-electron chi connectivity index (χ3n) is 4.92. The summed E-state index contributed by atoms with van der Waals surface area (Å²) >= 11 is 0. The largest absolute Gasteiger partial charge is 0.325 e. The van der Waals surface area contributed by atoms with E-state index < -0.39 is 15.9 Å². The van der Waals surface area contributed by atoms with Crippen LogP contribution >= 0.6 is 0 Å². The van der Waals surface area contributed by atoms with Gasteiger partial charge in [0.1, 0.15) is 4.90 Å². The number of rotatable bonds is 0. The van der Waals surface area contributed by atoms with Crippen LogP contribution in [0.4, 0.5) is 5.69 Å². The van der Waals surface area contributed by atoms with Crippen molar-refractivity contribution in [2.75, 3.05) is 5.32 Å². The van der Waals surface area contributed by atoms with E-state index in [-0.39, 0.29) is 22.4 Å². The molecule has 2 N–H and O–H groups in total. The minimum absolute atomic E-state index is 0.0685. The Morgan fingerprint density at radius 2 is 1.68 bits per heavy atom. The number of hydrogen-bond donors (Lipinski definition) is 2. The van der Waals surface area contributed by atoms with Gasteiger partial charge in [-0.2, -0.15) is 0 Å². The third kappa shape index (κ3) is 4.60. The third-order valence-corrected chi connectivity index (χ3v) is 6.33. The monoisotopic (exact) mass is 364 g/mol. The van der Waals surface area contributed by atoms with Crippen molar-refractivity contribution in [2.45, 2.75) is 56.3 Å². The Morgan fingerprint density at radius 1 is 0.960 bits per heavy atom. The highest BCUT2D eigenvalue weighted by Crippen LogP contribution is 2.43. The number of anilines is 1. The number of amides is 2. The van der Waals surface area contributed by atoms with Gasteiger partial charge in [0.15, 0.2) is 0 Å². The highest BCUT2D eigenvalue weighted by atomic mass is 32.2. The Hall–Kier alpha value is -1.89. The van der Waals surface area contributed by atoms with Gasteiger partial charge in [0, 0.05) is 12.3 Å². The molecule has 0 bridgehead atoms. The SMILES string of the molecule is O=C1CCCCCCCC2C[C@@H]2C(=O)NS(=O)(=O)c2ccccc2N1. The van der Waals surface area contributed by atoms with Crippen molar-refractivity contribution in [3.05, 3.63) is 24.3 Å². The van der Waals surface area contributed by atoms with E-state index in [2.05, 4.69) is 10.0 Å². The lowest BCUT2D eigenvalue weighted by atomic mass is 10.1. The molecule has 1 aromatic rings. The van der Waals surface area contributed by atoms with Gasteiger partial charge in [-0.05, 0) is 37.3 Å². The van der Waals surface area contributed by atoms with Gasteiger partial charge in [0.2, 0.25) is 11.8 Å². The molecule has 1 fully saturated rings. The average molecular weight is 364 g/mol. The highest BCUT2D eigenvalue weighted by Gasteiger charge is 2.43.